The minimum absolute atomic E-state index is 0.129. The summed E-state index contributed by atoms with van der Waals surface area (Å²) in [5.41, 5.74) is -1.72. The number of carbonyl (C=O) groups is 2. The molecule has 1 aliphatic rings. The summed E-state index contributed by atoms with van der Waals surface area (Å²) in [6, 6.07) is 0. The molecule has 4 nitrogen and oxygen atoms in total. The van der Waals surface area contributed by atoms with Crippen molar-refractivity contribution in [3.05, 3.63) is 0 Å². The molecule has 0 bridgehead atoms. The van der Waals surface area contributed by atoms with Crippen LogP contribution in [0, 0.1) is 16.7 Å². The first-order valence-electron chi connectivity index (χ1n) is 5.64. The Bertz CT molecular complexity index is 313. The van der Waals surface area contributed by atoms with Gasteiger partial charge in [-0.1, -0.05) is 13.8 Å². The number of carboxylic acid groups (broad SMARTS) is 1. The first-order valence-corrected chi connectivity index (χ1v) is 4.94. The lowest BCUT2D eigenvalue weighted by Crippen LogP contribution is -2.43. The van der Waals surface area contributed by atoms with Gasteiger partial charge < -0.3 is 9.84 Å². The fraction of sp³-hybridized carbons (Fsp3) is 0.818. The highest BCUT2D eigenvalue weighted by atomic mass is 16.5. The fourth-order valence-corrected chi connectivity index (χ4v) is 2.40. The molecule has 2 unspecified atom stereocenters. The molecule has 0 spiro atoms. The Hall–Kier alpha value is -1.06. The number of aliphatic carboxylic acids is 1. The molecule has 0 aromatic rings. The molecular weight excluding hydrogens is 196 g/mol. The highest BCUT2D eigenvalue weighted by molar-refractivity contribution is 5.81. The van der Waals surface area contributed by atoms with E-state index in [-0.39, 0.29) is 6.90 Å². The van der Waals surface area contributed by atoms with Gasteiger partial charge in [0.25, 0.3) is 0 Å². The summed E-state index contributed by atoms with van der Waals surface area (Å²) in [5, 5.41) is 9.12. The first-order chi connectivity index (χ1) is 7.33. The summed E-state index contributed by atoms with van der Waals surface area (Å²) < 4.78 is 12.3. The van der Waals surface area contributed by atoms with Crippen LogP contribution in [0.3, 0.4) is 0 Å². The fourth-order valence-electron chi connectivity index (χ4n) is 2.40. The van der Waals surface area contributed by atoms with Crippen LogP contribution >= 0.6 is 0 Å². The number of hydrogen-bond acceptors (Lipinski definition) is 3. The molecule has 86 valence electrons. The summed E-state index contributed by atoms with van der Waals surface area (Å²) in [4.78, 5) is 22.9. The van der Waals surface area contributed by atoms with Crippen molar-refractivity contribution in [1.29, 1.82) is 0 Å². The molecule has 0 aliphatic heterocycles. The van der Waals surface area contributed by atoms with E-state index in [9.17, 15) is 9.59 Å². The zero-order valence-electron chi connectivity index (χ0n) is 10.4. The van der Waals surface area contributed by atoms with Crippen molar-refractivity contribution in [3.63, 3.8) is 0 Å². The highest BCUT2D eigenvalue weighted by Crippen LogP contribution is 2.56. The van der Waals surface area contributed by atoms with Crippen LogP contribution in [0.1, 0.15) is 35.0 Å². The Morgan fingerprint density at radius 1 is 1.53 bits per heavy atom. The third-order valence-corrected chi connectivity index (χ3v) is 3.84. The summed E-state index contributed by atoms with van der Waals surface area (Å²) in [6.45, 7) is 3.35. The van der Waals surface area contributed by atoms with Crippen molar-refractivity contribution >= 4 is 11.9 Å². The summed E-state index contributed by atoms with van der Waals surface area (Å²) in [7, 11) is 1.28. The normalized spacial score (nSPS) is 34.6. The molecule has 0 saturated heterocycles. The van der Waals surface area contributed by atoms with Gasteiger partial charge in [-0.05, 0) is 25.2 Å². The Kier molecular flexibility index (Phi) is 2.44. The molecular formula is C11H18O4. The first kappa shape index (κ1) is 10.5. The number of carbonyl (C=O) groups excluding carboxylic acids is 1. The quantitative estimate of drug-likeness (QED) is 0.712. The van der Waals surface area contributed by atoms with Gasteiger partial charge in [-0.25, -0.2) is 0 Å². The molecule has 0 heterocycles. The predicted octanol–water partition coefficient (Wildman–Crippen LogP) is 1.69. The minimum Gasteiger partial charge on any atom is -0.481 e. The van der Waals surface area contributed by atoms with Crippen LogP contribution in [-0.4, -0.2) is 24.2 Å². The molecule has 0 aromatic heterocycles. The maximum absolute atomic E-state index is 11.8. The van der Waals surface area contributed by atoms with Crippen molar-refractivity contribution in [2.75, 3.05) is 7.11 Å². The smallest absolute Gasteiger partial charge is 0.312 e. The van der Waals surface area contributed by atoms with Crippen molar-refractivity contribution in [2.45, 2.75) is 33.6 Å². The second-order valence-electron chi connectivity index (χ2n) is 4.72. The van der Waals surface area contributed by atoms with E-state index in [0.29, 0.717) is 12.8 Å². The van der Waals surface area contributed by atoms with E-state index in [0.717, 1.165) is 0 Å². The molecule has 2 atom stereocenters. The molecule has 1 fully saturated rings. The molecule has 15 heavy (non-hydrogen) atoms. The monoisotopic (exact) mass is 215 g/mol. The van der Waals surface area contributed by atoms with Crippen molar-refractivity contribution in [1.82, 2.24) is 0 Å². The van der Waals surface area contributed by atoms with Crippen LogP contribution < -0.4 is 0 Å². The van der Waals surface area contributed by atoms with E-state index < -0.39 is 28.7 Å². The van der Waals surface area contributed by atoms with Gasteiger partial charge in [-0.2, -0.15) is 0 Å². The van der Waals surface area contributed by atoms with Crippen LogP contribution in [0.5, 0.6) is 0 Å². The Labute approximate surface area is 91.0 Å². The topological polar surface area (TPSA) is 63.6 Å². The number of methoxy groups -OCH3 is 1. The van der Waals surface area contributed by atoms with E-state index in [4.69, 9.17) is 11.2 Å². The molecule has 4 heteroatoms. The van der Waals surface area contributed by atoms with Crippen molar-refractivity contribution in [2.24, 2.45) is 16.7 Å². The molecule has 1 N–H and O–H groups in total. The van der Waals surface area contributed by atoms with E-state index in [1.54, 1.807) is 13.8 Å². The van der Waals surface area contributed by atoms with Gasteiger partial charge in [0.15, 0.2) is 0 Å². The largest absolute Gasteiger partial charge is 0.481 e. The molecule has 0 radical (unpaired) electrons. The van der Waals surface area contributed by atoms with Gasteiger partial charge in [-0.15, -0.1) is 0 Å². The van der Waals surface area contributed by atoms with Gasteiger partial charge in [0.05, 0.1) is 18.4 Å². The van der Waals surface area contributed by atoms with Crippen LogP contribution in [0.25, 0.3) is 0 Å². The summed E-state index contributed by atoms with van der Waals surface area (Å²) >= 11 is 0. The number of ether oxygens (including phenoxy) is 1. The van der Waals surface area contributed by atoms with E-state index in [1.807, 2.05) is 0 Å². The van der Waals surface area contributed by atoms with E-state index in [2.05, 4.69) is 0 Å². The Balaban J connectivity index is 3.15. The molecule has 1 aliphatic carbocycles. The average Bonchev–Trinajstić information content (AvgIpc) is 2.49. The molecule has 0 amide bonds. The lowest BCUT2D eigenvalue weighted by atomic mass is 9.66. The SMILES string of the molecule is [2H]CC1(C(=O)OC)CCC(C(=O)O)C1(C)C. The second kappa shape index (κ2) is 3.51. The third kappa shape index (κ3) is 1.52. The number of carboxylic acids is 1. The second-order valence-corrected chi connectivity index (χ2v) is 4.72. The molecule has 1 rings (SSSR count). The summed E-state index contributed by atoms with van der Waals surface area (Å²) in [6.07, 6.45) is 0.837. The lowest BCUT2D eigenvalue weighted by molar-refractivity contribution is -0.160. The zero-order chi connectivity index (χ0) is 12.6. The molecule has 0 aromatic carbocycles. The predicted molar refractivity (Wildman–Crippen MR) is 54.3 cm³/mol. The van der Waals surface area contributed by atoms with Crippen LogP contribution in [0.4, 0.5) is 0 Å². The standard InChI is InChI=1S/C11H18O4/c1-10(2)7(8(12)13)5-6-11(10,3)9(14)15-4/h7H,5-6H2,1-4H3,(H,12,13)/i3D. The van der Waals surface area contributed by atoms with Crippen LogP contribution in [0.15, 0.2) is 0 Å². The third-order valence-electron chi connectivity index (χ3n) is 3.84. The maximum Gasteiger partial charge on any atom is 0.312 e. The van der Waals surface area contributed by atoms with Gasteiger partial charge in [0.1, 0.15) is 0 Å². The zero-order valence-corrected chi connectivity index (χ0v) is 9.37. The van der Waals surface area contributed by atoms with Gasteiger partial charge >= 0.3 is 11.9 Å². The van der Waals surface area contributed by atoms with E-state index in [1.165, 1.54) is 7.11 Å². The van der Waals surface area contributed by atoms with Gasteiger partial charge in [0.2, 0.25) is 0 Å². The summed E-state index contributed by atoms with van der Waals surface area (Å²) in [5.74, 6) is -1.95. The maximum atomic E-state index is 11.8. The van der Waals surface area contributed by atoms with E-state index >= 15 is 0 Å². The van der Waals surface area contributed by atoms with Gasteiger partial charge in [-0.3, -0.25) is 9.59 Å². The van der Waals surface area contributed by atoms with Crippen LogP contribution in [-0.2, 0) is 14.3 Å². The van der Waals surface area contributed by atoms with Gasteiger partial charge in [0, 0.05) is 1.37 Å². The number of rotatable bonds is 2. The Morgan fingerprint density at radius 2 is 2.13 bits per heavy atom. The average molecular weight is 215 g/mol. The Morgan fingerprint density at radius 3 is 2.47 bits per heavy atom. The van der Waals surface area contributed by atoms with Crippen molar-refractivity contribution in [3.8, 4) is 0 Å². The van der Waals surface area contributed by atoms with Crippen LogP contribution in [0.2, 0.25) is 0 Å². The molecule has 1 saturated carbocycles. The number of esters is 1. The lowest BCUT2D eigenvalue weighted by Gasteiger charge is -2.37. The number of hydrogen-bond donors (Lipinski definition) is 1. The highest BCUT2D eigenvalue weighted by Gasteiger charge is 2.58. The van der Waals surface area contributed by atoms with Crippen molar-refractivity contribution < 1.29 is 20.8 Å². The minimum atomic E-state index is -0.981.